The molecule has 1 saturated heterocycles. The molecule has 1 aliphatic heterocycles. The predicted molar refractivity (Wildman–Crippen MR) is 165 cm³/mol. The van der Waals surface area contributed by atoms with Gasteiger partial charge in [0.25, 0.3) is 5.91 Å². The number of rotatable bonds is 5. The normalized spacial score (nSPS) is 21.2. The van der Waals surface area contributed by atoms with E-state index >= 15 is 0 Å². The maximum absolute atomic E-state index is 14.2. The van der Waals surface area contributed by atoms with Crippen LogP contribution in [0.1, 0.15) is 50.0 Å². The Kier molecular flexibility index (Phi) is 6.71. The van der Waals surface area contributed by atoms with Crippen molar-refractivity contribution in [1.29, 1.82) is 0 Å². The van der Waals surface area contributed by atoms with Gasteiger partial charge in [0.1, 0.15) is 0 Å². The Hall–Kier alpha value is -4.27. The van der Waals surface area contributed by atoms with Crippen LogP contribution in [0.5, 0.6) is 0 Å². The molecule has 3 aliphatic carbocycles. The summed E-state index contributed by atoms with van der Waals surface area (Å²) in [5.74, 6) is -3.75. The maximum Gasteiger partial charge on any atom is 0.340 e. The Bertz CT molecular complexity index is 1760. The summed E-state index contributed by atoms with van der Waals surface area (Å²) >= 11 is 9.50. The molecule has 0 unspecified atom stereocenters. The highest BCUT2D eigenvalue weighted by Gasteiger charge is 2.62. The number of para-hydroxylation sites is 1. The van der Waals surface area contributed by atoms with E-state index in [2.05, 4.69) is 21.2 Å². The summed E-state index contributed by atoms with van der Waals surface area (Å²) in [6, 6.07) is 25.7. The van der Waals surface area contributed by atoms with Gasteiger partial charge in [0.15, 0.2) is 6.61 Å². The van der Waals surface area contributed by atoms with Gasteiger partial charge in [-0.25, -0.2) is 9.69 Å². The molecule has 4 aliphatic rings. The lowest BCUT2D eigenvalue weighted by Crippen LogP contribution is -2.41. The topological polar surface area (TPSA) is 92.8 Å². The van der Waals surface area contributed by atoms with Crippen molar-refractivity contribution in [3.63, 3.8) is 0 Å². The van der Waals surface area contributed by atoms with Crippen LogP contribution in [0.25, 0.3) is 0 Å². The standard InChI is InChI=1S/C34H24BrClN2O5/c1-17-14-23(35)24(36)15-25(17)37-27(39)16-43-34(42)22-12-6-7-13-26(22)38-32(40)30-28-18-8-2-3-9-19(18)29(31(30)33(38)41)21-11-5-4-10-20(21)28/h2-15,28-31H,16H2,1H3,(H,37,39)/t28?,29?,30-,31+. The zero-order valence-corrected chi connectivity index (χ0v) is 25.2. The molecule has 1 fully saturated rings. The molecule has 7 nitrogen and oxygen atoms in total. The van der Waals surface area contributed by atoms with E-state index in [1.807, 2.05) is 55.5 Å². The number of ether oxygens (including phenoxy) is 1. The second-order valence-corrected chi connectivity index (χ2v) is 12.3. The van der Waals surface area contributed by atoms with E-state index in [0.29, 0.717) is 15.2 Å². The van der Waals surface area contributed by atoms with E-state index in [-0.39, 0.29) is 34.9 Å². The van der Waals surface area contributed by atoms with Gasteiger partial charge >= 0.3 is 5.97 Å². The first-order chi connectivity index (χ1) is 20.8. The molecular weight excluding hydrogens is 632 g/mol. The lowest BCUT2D eigenvalue weighted by Gasteiger charge is -2.45. The molecule has 0 spiro atoms. The molecule has 0 aromatic heterocycles. The molecule has 4 aromatic carbocycles. The summed E-state index contributed by atoms with van der Waals surface area (Å²) < 4.78 is 6.05. The summed E-state index contributed by atoms with van der Waals surface area (Å²) in [5, 5.41) is 3.12. The molecule has 8 rings (SSSR count). The molecular formula is C34H24BrClN2O5. The summed E-state index contributed by atoms with van der Waals surface area (Å²) in [6.07, 6.45) is 0. The minimum Gasteiger partial charge on any atom is -0.452 e. The van der Waals surface area contributed by atoms with E-state index < -0.39 is 30.3 Å². The second kappa shape index (κ2) is 10.5. The third-order valence-corrected chi connectivity index (χ3v) is 9.89. The van der Waals surface area contributed by atoms with Crippen LogP contribution in [0.3, 0.4) is 0 Å². The molecule has 1 N–H and O–H groups in total. The fraction of sp³-hybridized carbons (Fsp3) is 0.176. The van der Waals surface area contributed by atoms with Gasteiger partial charge in [-0.1, -0.05) is 72.3 Å². The average Bonchev–Trinajstić information content (AvgIpc) is 3.28. The Balaban J connectivity index is 1.16. The van der Waals surface area contributed by atoms with Crippen LogP contribution in [-0.4, -0.2) is 30.3 Å². The fourth-order valence-electron chi connectivity index (χ4n) is 6.93. The zero-order valence-electron chi connectivity index (χ0n) is 22.8. The molecule has 2 bridgehead atoms. The van der Waals surface area contributed by atoms with E-state index in [9.17, 15) is 19.2 Å². The number of hydrogen-bond donors (Lipinski definition) is 1. The average molecular weight is 656 g/mol. The molecule has 43 heavy (non-hydrogen) atoms. The number of imide groups is 1. The van der Waals surface area contributed by atoms with Gasteiger partial charge in [-0.05, 0) is 74.9 Å². The molecule has 1 heterocycles. The number of aryl methyl sites for hydroxylation is 1. The van der Waals surface area contributed by atoms with Gasteiger partial charge in [-0.3, -0.25) is 14.4 Å². The second-order valence-electron chi connectivity index (χ2n) is 11.0. The van der Waals surface area contributed by atoms with Gasteiger partial charge in [0.05, 0.1) is 28.1 Å². The van der Waals surface area contributed by atoms with Crippen molar-refractivity contribution >= 4 is 62.6 Å². The first-order valence-electron chi connectivity index (χ1n) is 13.8. The minimum absolute atomic E-state index is 0.0286. The Morgan fingerprint density at radius 1 is 0.837 bits per heavy atom. The van der Waals surface area contributed by atoms with Crippen molar-refractivity contribution in [1.82, 2.24) is 0 Å². The van der Waals surface area contributed by atoms with Gasteiger partial charge < -0.3 is 10.1 Å². The van der Waals surface area contributed by atoms with E-state index in [0.717, 1.165) is 32.7 Å². The quantitative estimate of drug-likeness (QED) is 0.193. The van der Waals surface area contributed by atoms with Crippen LogP contribution >= 0.6 is 27.5 Å². The SMILES string of the molecule is Cc1cc(Br)c(Cl)cc1NC(=O)COC(=O)c1ccccc1N1C(=O)[C@@H]2C3c4ccccc4C(c4ccccc43)[C@@H]2C1=O. The molecule has 214 valence electrons. The summed E-state index contributed by atoms with van der Waals surface area (Å²) in [6.45, 7) is 1.24. The van der Waals surface area contributed by atoms with Crippen LogP contribution in [0.2, 0.25) is 5.02 Å². The fourth-order valence-corrected chi connectivity index (χ4v) is 7.55. The van der Waals surface area contributed by atoms with Crippen molar-refractivity contribution in [2.75, 3.05) is 16.8 Å². The van der Waals surface area contributed by atoms with Gasteiger partial charge in [0.2, 0.25) is 11.8 Å². The number of carbonyl (C=O) groups is 4. The smallest absolute Gasteiger partial charge is 0.340 e. The number of nitrogens with one attached hydrogen (secondary N) is 1. The number of hydrogen-bond acceptors (Lipinski definition) is 5. The van der Waals surface area contributed by atoms with Crippen molar-refractivity contribution < 1.29 is 23.9 Å². The minimum atomic E-state index is -0.818. The molecule has 0 radical (unpaired) electrons. The maximum atomic E-state index is 14.2. The van der Waals surface area contributed by atoms with Crippen LogP contribution in [-0.2, 0) is 19.1 Å². The monoisotopic (exact) mass is 654 g/mol. The van der Waals surface area contributed by atoms with Gasteiger partial charge in [-0.15, -0.1) is 0 Å². The number of esters is 1. The Morgan fingerprint density at radius 2 is 1.35 bits per heavy atom. The Labute approximate surface area is 260 Å². The molecule has 3 amide bonds. The van der Waals surface area contributed by atoms with Gasteiger partial charge in [-0.2, -0.15) is 0 Å². The lowest BCUT2D eigenvalue weighted by atomic mass is 9.55. The highest BCUT2D eigenvalue weighted by molar-refractivity contribution is 9.10. The van der Waals surface area contributed by atoms with Crippen molar-refractivity contribution in [2.45, 2.75) is 18.8 Å². The van der Waals surface area contributed by atoms with Crippen LogP contribution in [0.4, 0.5) is 11.4 Å². The number of benzene rings is 4. The van der Waals surface area contributed by atoms with Crippen molar-refractivity contribution in [3.8, 4) is 0 Å². The number of carbonyl (C=O) groups excluding carboxylic acids is 4. The number of anilines is 2. The summed E-state index contributed by atoms with van der Waals surface area (Å²) in [7, 11) is 0. The summed E-state index contributed by atoms with van der Waals surface area (Å²) in [5.41, 5.74) is 5.70. The highest BCUT2D eigenvalue weighted by Crippen LogP contribution is 2.61. The first-order valence-corrected chi connectivity index (χ1v) is 15.0. The number of halogens is 2. The number of amides is 3. The van der Waals surface area contributed by atoms with Crippen LogP contribution in [0.15, 0.2) is 89.4 Å². The van der Waals surface area contributed by atoms with Crippen LogP contribution in [0, 0.1) is 18.8 Å². The molecule has 4 aromatic rings. The first kappa shape index (κ1) is 27.6. The van der Waals surface area contributed by atoms with E-state index in [1.54, 1.807) is 30.3 Å². The third kappa shape index (κ3) is 4.31. The summed E-state index contributed by atoms with van der Waals surface area (Å²) in [4.78, 5) is 55.4. The third-order valence-electron chi connectivity index (χ3n) is 8.69. The molecule has 2 atom stereocenters. The highest BCUT2D eigenvalue weighted by atomic mass is 79.9. The lowest BCUT2D eigenvalue weighted by molar-refractivity contribution is -0.122. The zero-order chi connectivity index (χ0) is 30.0. The largest absolute Gasteiger partial charge is 0.452 e. The van der Waals surface area contributed by atoms with E-state index in [1.165, 1.54) is 6.07 Å². The van der Waals surface area contributed by atoms with Crippen molar-refractivity contribution in [2.24, 2.45) is 11.8 Å². The van der Waals surface area contributed by atoms with Crippen molar-refractivity contribution in [3.05, 3.63) is 128 Å². The number of nitrogens with zero attached hydrogens (tertiary/aromatic N) is 1. The predicted octanol–water partition coefficient (Wildman–Crippen LogP) is 6.60. The molecule has 9 heteroatoms. The Morgan fingerprint density at radius 3 is 1.91 bits per heavy atom. The van der Waals surface area contributed by atoms with Gasteiger partial charge in [0, 0.05) is 22.0 Å². The van der Waals surface area contributed by atoms with E-state index in [4.69, 9.17) is 16.3 Å². The van der Waals surface area contributed by atoms with Crippen LogP contribution < -0.4 is 10.2 Å². The molecule has 0 saturated carbocycles.